The van der Waals surface area contributed by atoms with Gasteiger partial charge in [-0.2, -0.15) is 0 Å². The van der Waals surface area contributed by atoms with E-state index in [4.69, 9.17) is 28.3 Å². The van der Waals surface area contributed by atoms with Gasteiger partial charge in [0.1, 0.15) is 18.0 Å². The van der Waals surface area contributed by atoms with Gasteiger partial charge in [0.05, 0.1) is 22.8 Å². The topological polar surface area (TPSA) is 130 Å². The van der Waals surface area contributed by atoms with E-state index in [1.807, 2.05) is 6.07 Å². The lowest BCUT2D eigenvalue weighted by Crippen LogP contribution is -2.29. The molecule has 0 saturated heterocycles. The van der Waals surface area contributed by atoms with E-state index in [2.05, 4.69) is 20.6 Å². The molecule has 1 aromatic carbocycles. The van der Waals surface area contributed by atoms with E-state index in [1.165, 1.54) is 12.3 Å². The summed E-state index contributed by atoms with van der Waals surface area (Å²) in [5.41, 5.74) is 1.46. The number of benzene rings is 1. The molecule has 1 amide bonds. The molecule has 0 bridgehead atoms. The number of nitrogens with one attached hydrogen (secondary N) is 1. The molecule has 11 heteroatoms. The second-order valence-corrected chi connectivity index (χ2v) is 6.53. The molecular weight excluding hydrogens is 409 g/mol. The number of aromatic hydroxyl groups is 1. The molecule has 28 heavy (non-hydrogen) atoms. The van der Waals surface area contributed by atoms with Crippen molar-refractivity contribution in [2.75, 3.05) is 6.54 Å². The second kappa shape index (κ2) is 8.24. The quantitative estimate of drug-likeness (QED) is 0.555. The maximum Gasteiger partial charge on any atom is 0.322 e. The molecular formula is C17H13Cl2N5O4. The van der Waals surface area contributed by atoms with Crippen LogP contribution >= 0.6 is 23.2 Å². The number of aliphatic carboxylic acids is 1. The third-order valence-electron chi connectivity index (χ3n) is 3.65. The molecule has 0 aliphatic rings. The van der Waals surface area contributed by atoms with Gasteiger partial charge in [0.2, 0.25) is 0 Å². The van der Waals surface area contributed by atoms with E-state index in [0.717, 1.165) is 5.56 Å². The number of carboxylic acid groups (broad SMARTS) is 1. The lowest BCUT2D eigenvalue weighted by atomic mass is 10.2. The number of hydrogen-bond acceptors (Lipinski definition) is 6. The average Bonchev–Trinajstić information content (AvgIpc) is 3.11. The van der Waals surface area contributed by atoms with Crippen molar-refractivity contribution >= 4 is 35.1 Å². The minimum Gasteiger partial charge on any atom is -0.505 e. The SMILES string of the molecule is O=C(O)CNC(=O)c1ncc(-c2cn(Cc3ccc(Cl)c(Cl)c3)nn2)cc1O. The molecule has 0 unspecified atom stereocenters. The number of pyridine rings is 1. The van der Waals surface area contributed by atoms with Crippen LogP contribution in [-0.2, 0) is 11.3 Å². The number of nitrogens with zero attached hydrogens (tertiary/aromatic N) is 4. The predicted octanol–water partition coefficient (Wildman–Crippen LogP) is 2.22. The standard InChI is InChI=1S/C17H13Cl2N5O4/c18-11-2-1-9(3-12(11)19)7-24-8-13(22-23-24)10-4-14(25)16(20-5-10)17(28)21-6-15(26)27/h1-5,8,25H,6-7H2,(H,21,28)(H,26,27). The number of carbonyl (C=O) groups is 2. The first-order chi connectivity index (χ1) is 13.3. The number of carboxylic acids is 1. The molecule has 2 aromatic heterocycles. The fourth-order valence-corrected chi connectivity index (χ4v) is 2.66. The van der Waals surface area contributed by atoms with E-state index in [0.29, 0.717) is 27.8 Å². The monoisotopic (exact) mass is 421 g/mol. The molecule has 144 valence electrons. The smallest absolute Gasteiger partial charge is 0.322 e. The highest BCUT2D eigenvalue weighted by atomic mass is 35.5. The number of carbonyl (C=O) groups excluding carboxylic acids is 1. The van der Waals surface area contributed by atoms with Gasteiger partial charge in [0.25, 0.3) is 5.91 Å². The van der Waals surface area contributed by atoms with Crippen LogP contribution in [0.4, 0.5) is 0 Å². The lowest BCUT2D eigenvalue weighted by molar-refractivity contribution is -0.135. The van der Waals surface area contributed by atoms with Crippen molar-refractivity contribution in [3.63, 3.8) is 0 Å². The summed E-state index contributed by atoms with van der Waals surface area (Å²) >= 11 is 11.9. The molecule has 0 spiro atoms. The largest absolute Gasteiger partial charge is 0.505 e. The summed E-state index contributed by atoms with van der Waals surface area (Å²) in [6.45, 7) is -0.177. The molecule has 0 aliphatic carbocycles. The molecule has 2 heterocycles. The van der Waals surface area contributed by atoms with Crippen molar-refractivity contribution in [2.24, 2.45) is 0 Å². The van der Waals surface area contributed by atoms with Crippen LogP contribution in [-0.4, -0.2) is 48.6 Å². The zero-order valence-electron chi connectivity index (χ0n) is 14.1. The highest BCUT2D eigenvalue weighted by Gasteiger charge is 2.16. The summed E-state index contributed by atoms with van der Waals surface area (Å²) in [4.78, 5) is 26.2. The number of hydrogen-bond donors (Lipinski definition) is 3. The van der Waals surface area contributed by atoms with Crippen LogP contribution < -0.4 is 5.32 Å². The Hall–Kier alpha value is -3.17. The third kappa shape index (κ3) is 4.56. The summed E-state index contributed by atoms with van der Waals surface area (Å²) in [5.74, 6) is -2.41. The second-order valence-electron chi connectivity index (χ2n) is 5.72. The van der Waals surface area contributed by atoms with Crippen LogP contribution in [0.15, 0.2) is 36.7 Å². The molecule has 0 atom stereocenters. The Morgan fingerprint density at radius 2 is 1.96 bits per heavy atom. The van der Waals surface area contributed by atoms with E-state index < -0.39 is 24.2 Å². The van der Waals surface area contributed by atoms with Crippen LogP contribution in [0.1, 0.15) is 16.1 Å². The summed E-state index contributed by atoms with van der Waals surface area (Å²) < 4.78 is 1.57. The summed E-state index contributed by atoms with van der Waals surface area (Å²) in [5, 5.41) is 29.7. The number of amides is 1. The zero-order chi connectivity index (χ0) is 20.3. The van der Waals surface area contributed by atoms with Crippen molar-refractivity contribution in [3.05, 3.63) is 58.0 Å². The number of aromatic nitrogens is 4. The number of rotatable bonds is 6. The van der Waals surface area contributed by atoms with E-state index >= 15 is 0 Å². The first-order valence-electron chi connectivity index (χ1n) is 7.87. The molecule has 9 nitrogen and oxygen atoms in total. The van der Waals surface area contributed by atoms with Crippen LogP contribution in [0, 0.1) is 0 Å². The Morgan fingerprint density at radius 3 is 2.64 bits per heavy atom. The molecule has 0 radical (unpaired) electrons. The van der Waals surface area contributed by atoms with Gasteiger partial charge in [-0.1, -0.05) is 34.5 Å². The van der Waals surface area contributed by atoms with Crippen molar-refractivity contribution in [2.45, 2.75) is 6.54 Å². The zero-order valence-corrected chi connectivity index (χ0v) is 15.6. The van der Waals surface area contributed by atoms with E-state index in [1.54, 1.807) is 23.0 Å². The van der Waals surface area contributed by atoms with Crippen molar-refractivity contribution in [1.82, 2.24) is 25.3 Å². The lowest BCUT2D eigenvalue weighted by Gasteiger charge is -2.05. The van der Waals surface area contributed by atoms with Gasteiger partial charge in [-0.3, -0.25) is 9.59 Å². The Labute approximate surface area is 168 Å². The molecule has 0 aliphatic heterocycles. The van der Waals surface area contributed by atoms with Gasteiger partial charge in [0.15, 0.2) is 5.69 Å². The molecule has 0 saturated carbocycles. The van der Waals surface area contributed by atoms with Crippen molar-refractivity contribution in [3.8, 4) is 17.0 Å². The maximum atomic E-state index is 11.8. The Kier molecular flexibility index (Phi) is 5.76. The minimum atomic E-state index is -1.21. The normalized spacial score (nSPS) is 10.6. The van der Waals surface area contributed by atoms with Gasteiger partial charge < -0.3 is 15.5 Å². The van der Waals surface area contributed by atoms with Crippen LogP contribution in [0.2, 0.25) is 10.0 Å². The van der Waals surface area contributed by atoms with E-state index in [9.17, 15) is 14.7 Å². The molecule has 3 N–H and O–H groups in total. The first kappa shape index (κ1) is 19.6. The minimum absolute atomic E-state index is 0.284. The Bertz CT molecular complexity index is 1050. The van der Waals surface area contributed by atoms with Crippen LogP contribution in [0.5, 0.6) is 5.75 Å². The molecule has 3 rings (SSSR count). The van der Waals surface area contributed by atoms with Gasteiger partial charge >= 0.3 is 5.97 Å². The van der Waals surface area contributed by atoms with Gasteiger partial charge in [-0.25, -0.2) is 9.67 Å². The van der Waals surface area contributed by atoms with Gasteiger partial charge in [-0.15, -0.1) is 5.10 Å². The molecule has 0 fully saturated rings. The predicted molar refractivity (Wildman–Crippen MR) is 100 cm³/mol. The fourth-order valence-electron chi connectivity index (χ4n) is 2.34. The summed E-state index contributed by atoms with van der Waals surface area (Å²) in [6, 6.07) is 6.53. The third-order valence-corrected chi connectivity index (χ3v) is 4.38. The highest BCUT2D eigenvalue weighted by Crippen LogP contribution is 2.25. The summed E-state index contributed by atoms with van der Waals surface area (Å²) in [6.07, 6.45) is 2.98. The van der Waals surface area contributed by atoms with E-state index in [-0.39, 0.29) is 5.69 Å². The van der Waals surface area contributed by atoms with Gasteiger partial charge in [0, 0.05) is 11.8 Å². The maximum absolute atomic E-state index is 11.8. The van der Waals surface area contributed by atoms with Crippen LogP contribution in [0.3, 0.4) is 0 Å². The fraction of sp³-hybridized carbons (Fsp3) is 0.118. The number of halogens is 2. The summed E-state index contributed by atoms with van der Waals surface area (Å²) in [7, 11) is 0. The Balaban J connectivity index is 1.75. The highest BCUT2D eigenvalue weighted by molar-refractivity contribution is 6.42. The Morgan fingerprint density at radius 1 is 1.18 bits per heavy atom. The van der Waals surface area contributed by atoms with Crippen molar-refractivity contribution in [1.29, 1.82) is 0 Å². The average molecular weight is 422 g/mol. The molecule has 3 aromatic rings. The van der Waals surface area contributed by atoms with Gasteiger partial charge in [-0.05, 0) is 23.8 Å². The van der Waals surface area contributed by atoms with Crippen LogP contribution in [0.25, 0.3) is 11.3 Å². The van der Waals surface area contributed by atoms with Crippen molar-refractivity contribution < 1.29 is 19.8 Å². The first-order valence-corrected chi connectivity index (χ1v) is 8.62.